The van der Waals surface area contributed by atoms with Gasteiger partial charge in [-0.3, -0.25) is 4.79 Å². The van der Waals surface area contributed by atoms with Crippen LogP contribution in [0.1, 0.15) is 25.3 Å². The highest BCUT2D eigenvalue weighted by Gasteiger charge is 2.26. The Morgan fingerprint density at radius 2 is 1.96 bits per heavy atom. The van der Waals surface area contributed by atoms with Gasteiger partial charge >= 0.3 is 5.97 Å². The number of nitrogens with zero attached hydrogens (tertiary/aromatic N) is 3. The van der Waals surface area contributed by atoms with Crippen molar-refractivity contribution >= 4 is 11.8 Å². The van der Waals surface area contributed by atoms with E-state index in [9.17, 15) is 4.79 Å². The number of piperidine rings is 1. The molecule has 0 aliphatic carbocycles. The number of rotatable bonds is 6. The topological polar surface area (TPSA) is 73.8 Å². The molecule has 7 heteroatoms. The highest BCUT2D eigenvalue weighted by Crippen LogP contribution is 2.32. The molecule has 3 rings (SSSR count). The molecule has 1 fully saturated rings. The van der Waals surface area contributed by atoms with Crippen LogP contribution in [0.25, 0.3) is 0 Å². The Bertz CT molecular complexity index is 789. The molecule has 1 aromatic carbocycles. The molecule has 1 aliphatic heterocycles. The van der Waals surface area contributed by atoms with Crippen LogP contribution in [0.2, 0.25) is 0 Å². The molecule has 1 saturated heterocycles. The Morgan fingerprint density at radius 3 is 2.67 bits per heavy atom. The van der Waals surface area contributed by atoms with E-state index in [0.29, 0.717) is 24.0 Å². The van der Waals surface area contributed by atoms with E-state index in [1.807, 2.05) is 38.1 Å². The highest BCUT2D eigenvalue weighted by atomic mass is 16.5. The molecule has 27 heavy (non-hydrogen) atoms. The number of aryl methyl sites for hydroxylation is 1. The van der Waals surface area contributed by atoms with Crippen LogP contribution in [-0.4, -0.2) is 42.7 Å². The van der Waals surface area contributed by atoms with Gasteiger partial charge in [-0.1, -0.05) is 6.07 Å². The van der Waals surface area contributed by atoms with Gasteiger partial charge in [0.1, 0.15) is 12.1 Å². The smallest absolute Gasteiger partial charge is 0.309 e. The van der Waals surface area contributed by atoms with Gasteiger partial charge in [-0.05, 0) is 44.4 Å². The molecule has 1 aliphatic rings. The van der Waals surface area contributed by atoms with Crippen molar-refractivity contribution in [3.63, 3.8) is 0 Å². The van der Waals surface area contributed by atoms with E-state index in [1.54, 1.807) is 7.11 Å². The maximum Gasteiger partial charge on any atom is 0.309 e. The number of esters is 1. The molecule has 0 N–H and O–H groups in total. The first-order valence-electron chi connectivity index (χ1n) is 9.16. The average molecular weight is 371 g/mol. The molecule has 0 saturated carbocycles. The fourth-order valence-electron chi connectivity index (χ4n) is 3.13. The Kier molecular flexibility index (Phi) is 6.11. The normalized spacial score (nSPS) is 14.7. The van der Waals surface area contributed by atoms with Gasteiger partial charge in [0.05, 0.1) is 19.6 Å². The number of hydrogen-bond acceptors (Lipinski definition) is 7. The SMILES string of the molecule is CCOC(=O)C1CCN(c2cc(Oc3ccc(C)cc3OC)ncn2)CC1. The average Bonchev–Trinajstić information content (AvgIpc) is 2.70. The van der Waals surface area contributed by atoms with Crippen LogP contribution in [0, 0.1) is 12.8 Å². The van der Waals surface area contributed by atoms with Crippen LogP contribution in [0.15, 0.2) is 30.6 Å². The maximum absolute atomic E-state index is 11.9. The van der Waals surface area contributed by atoms with Gasteiger partial charge in [0, 0.05) is 19.2 Å². The van der Waals surface area contributed by atoms with Gasteiger partial charge < -0.3 is 19.1 Å². The zero-order chi connectivity index (χ0) is 19.2. The standard InChI is InChI=1S/C20H25N3O4/c1-4-26-20(24)15-7-9-23(10-8-15)18-12-19(22-13-21-18)27-16-6-5-14(2)11-17(16)25-3/h5-6,11-13,15H,4,7-10H2,1-3H3. The van der Waals surface area contributed by atoms with Gasteiger partial charge in [0.2, 0.25) is 5.88 Å². The molecule has 1 aromatic heterocycles. The third kappa shape index (κ3) is 4.67. The van der Waals surface area contributed by atoms with Crippen molar-refractivity contribution in [1.82, 2.24) is 9.97 Å². The number of carbonyl (C=O) groups excluding carboxylic acids is 1. The second kappa shape index (κ2) is 8.70. The number of benzene rings is 1. The van der Waals surface area contributed by atoms with Crippen LogP contribution < -0.4 is 14.4 Å². The summed E-state index contributed by atoms with van der Waals surface area (Å²) in [6.45, 7) is 5.74. The summed E-state index contributed by atoms with van der Waals surface area (Å²) in [5, 5.41) is 0. The minimum atomic E-state index is -0.102. The first-order valence-corrected chi connectivity index (χ1v) is 9.16. The minimum Gasteiger partial charge on any atom is -0.493 e. The lowest BCUT2D eigenvalue weighted by molar-refractivity contribution is -0.148. The Labute approximate surface area is 159 Å². The largest absolute Gasteiger partial charge is 0.493 e. The number of aromatic nitrogens is 2. The molecule has 7 nitrogen and oxygen atoms in total. The first kappa shape index (κ1) is 18.9. The molecule has 0 spiro atoms. The number of methoxy groups -OCH3 is 1. The van der Waals surface area contributed by atoms with Crippen LogP contribution in [0.3, 0.4) is 0 Å². The van der Waals surface area contributed by atoms with Crippen LogP contribution in [0.4, 0.5) is 5.82 Å². The first-order chi connectivity index (χ1) is 13.1. The molecule has 0 amide bonds. The number of ether oxygens (including phenoxy) is 3. The van der Waals surface area contributed by atoms with E-state index in [1.165, 1.54) is 6.33 Å². The van der Waals surface area contributed by atoms with Gasteiger partial charge in [-0.15, -0.1) is 0 Å². The quantitative estimate of drug-likeness (QED) is 0.721. The van der Waals surface area contributed by atoms with Crippen molar-refractivity contribution in [3.8, 4) is 17.4 Å². The third-order valence-corrected chi connectivity index (χ3v) is 4.60. The number of hydrogen-bond donors (Lipinski definition) is 0. The van der Waals surface area contributed by atoms with E-state index >= 15 is 0 Å². The van der Waals surface area contributed by atoms with Crippen molar-refractivity contribution in [2.45, 2.75) is 26.7 Å². The second-order valence-electron chi connectivity index (χ2n) is 6.48. The summed E-state index contributed by atoms with van der Waals surface area (Å²) in [5.41, 5.74) is 1.09. The summed E-state index contributed by atoms with van der Waals surface area (Å²) in [7, 11) is 1.61. The molecule has 0 atom stereocenters. The maximum atomic E-state index is 11.9. The van der Waals surface area contributed by atoms with Crippen molar-refractivity contribution in [1.29, 1.82) is 0 Å². The molecular weight excluding hydrogens is 346 g/mol. The Morgan fingerprint density at radius 1 is 1.19 bits per heavy atom. The predicted molar refractivity (Wildman–Crippen MR) is 101 cm³/mol. The number of carbonyl (C=O) groups is 1. The summed E-state index contributed by atoms with van der Waals surface area (Å²) in [6, 6.07) is 7.54. The van der Waals surface area contributed by atoms with Gasteiger partial charge in [0.25, 0.3) is 0 Å². The van der Waals surface area contributed by atoms with Gasteiger partial charge in [-0.2, -0.15) is 0 Å². The molecule has 144 valence electrons. The fourth-order valence-corrected chi connectivity index (χ4v) is 3.13. The van der Waals surface area contributed by atoms with Crippen LogP contribution in [-0.2, 0) is 9.53 Å². The molecular formula is C20H25N3O4. The van der Waals surface area contributed by atoms with Crippen molar-refractivity contribution in [2.24, 2.45) is 5.92 Å². The summed E-state index contributed by atoms with van der Waals surface area (Å²) >= 11 is 0. The number of anilines is 1. The van der Waals surface area contributed by atoms with E-state index in [-0.39, 0.29) is 11.9 Å². The Hall–Kier alpha value is -2.83. The minimum absolute atomic E-state index is 0.0319. The second-order valence-corrected chi connectivity index (χ2v) is 6.48. The van der Waals surface area contributed by atoms with Crippen molar-refractivity contribution < 1.29 is 19.0 Å². The molecule has 0 unspecified atom stereocenters. The summed E-state index contributed by atoms with van der Waals surface area (Å²) < 4.78 is 16.4. The van der Waals surface area contributed by atoms with Crippen LogP contribution in [0.5, 0.6) is 17.4 Å². The summed E-state index contributed by atoms with van der Waals surface area (Å²) in [4.78, 5) is 22.6. The van der Waals surface area contributed by atoms with Crippen LogP contribution >= 0.6 is 0 Å². The van der Waals surface area contributed by atoms with E-state index in [2.05, 4.69) is 14.9 Å². The van der Waals surface area contributed by atoms with Crippen molar-refractivity contribution in [2.75, 3.05) is 31.7 Å². The lowest BCUT2D eigenvalue weighted by Gasteiger charge is -2.31. The van der Waals surface area contributed by atoms with Gasteiger partial charge in [-0.25, -0.2) is 9.97 Å². The highest BCUT2D eigenvalue weighted by molar-refractivity contribution is 5.72. The fraction of sp³-hybridized carbons (Fsp3) is 0.450. The Balaban J connectivity index is 1.67. The van der Waals surface area contributed by atoms with E-state index in [4.69, 9.17) is 14.2 Å². The molecule has 2 heterocycles. The molecule has 0 bridgehead atoms. The molecule has 0 radical (unpaired) electrons. The molecule has 2 aromatic rings. The lowest BCUT2D eigenvalue weighted by atomic mass is 9.97. The zero-order valence-corrected chi connectivity index (χ0v) is 16.0. The third-order valence-electron chi connectivity index (χ3n) is 4.60. The van der Waals surface area contributed by atoms with Crippen molar-refractivity contribution in [3.05, 3.63) is 36.2 Å². The predicted octanol–water partition coefficient (Wildman–Crippen LogP) is 3.37. The summed E-state index contributed by atoms with van der Waals surface area (Å²) in [6.07, 6.45) is 3.00. The monoisotopic (exact) mass is 371 g/mol. The summed E-state index contributed by atoms with van der Waals surface area (Å²) in [5.74, 6) is 2.37. The zero-order valence-electron chi connectivity index (χ0n) is 16.0. The van der Waals surface area contributed by atoms with Gasteiger partial charge in [0.15, 0.2) is 11.5 Å². The van der Waals surface area contributed by atoms with E-state index < -0.39 is 0 Å². The van der Waals surface area contributed by atoms with E-state index in [0.717, 1.165) is 37.3 Å². The lowest BCUT2D eigenvalue weighted by Crippen LogP contribution is -2.37.